The summed E-state index contributed by atoms with van der Waals surface area (Å²) in [6.45, 7) is 4.96. The number of hydrogen-bond acceptors (Lipinski definition) is 5. The van der Waals surface area contributed by atoms with Crippen molar-refractivity contribution in [2.45, 2.75) is 83.3 Å². The standard InChI is InChI=1S/C26H40O5/c1-24-12-9-18(27)15-17(24)5-6-19-20-7-8-22(25(20,2)13-10-21(19)24)26(29,16-30-3)14-11-23(28)31-4/h17-22,27,29H,5-10,12-13,15-16H2,1-4H3/t17-,18-,19-,20-,21-,22-,24-,25-,26?/m0/s1. The van der Waals surface area contributed by atoms with Crippen molar-refractivity contribution in [1.82, 2.24) is 0 Å². The topological polar surface area (TPSA) is 76.0 Å². The molecule has 0 aromatic heterocycles. The predicted octanol–water partition coefficient (Wildman–Crippen LogP) is 3.56. The largest absolute Gasteiger partial charge is 0.459 e. The molecular formula is C26H40O5. The molecule has 0 radical (unpaired) electrons. The number of carbonyl (C=O) groups is 1. The number of fused-ring (bicyclic) bond motifs is 5. The maximum atomic E-state index is 11.7. The smallest absolute Gasteiger partial charge is 0.384 e. The second-order valence-electron chi connectivity index (χ2n) is 11.4. The molecule has 0 bridgehead atoms. The summed E-state index contributed by atoms with van der Waals surface area (Å²) in [4.78, 5) is 11.7. The fourth-order valence-corrected chi connectivity index (χ4v) is 8.67. The van der Waals surface area contributed by atoms with E-state index in [0.29, 0.717) is 29.1 Å². The lowest BCUT2D eigenvalue weighted by atomic mass is 9.44. The molecule has 4 rings (SSSR count). The molecule has 174 valence electrons. The fourth-order valence-electron chi connectivity index (χ4n) is 8.67. The van der Waals surface area contributed by atoms with Crippen LogP contribution in [-0.4, -0.2) is 48.7 Å². The van der Waals surface area contributed by atoms with Gasteiger partial charge in [0.1, 0.15) is 0 Å². The SMILES string of the molecule is COCC(O)(C#CC(=O)OC)[C@H]1CC[C@H]2[C@@H]3CC[C@H]4C[C@@H](O)CC[C@]4(C)[C@H]3CC[C@]12C. The number of esters is 1. The summed E-state index contributed by atoms with van der Waals surface area (Å²) < 4.78 is 10.1. The first kappa shape index (κ1) is 23.1. The minimum atomic E-state index is -1.34. The Labute approximate surface area is 187 Å². The Kier molecular flexibility index (Phi) is 6.22. The molecule has 9 atom stereocenters. The highest BCUT2D eigenvalue weighted by Gasteiger charge is 2.63. The Morgan fingerprint density at radius 2 is 1.74 bits per heavy atom. The minimum absolute atomic E-state index is 0.00335. The van der Waals surface area contributed by atoms with Gasteiger partial charge in [0.2, 0.25) is 0 Å². The van der Waals surface area contributed by atoms with E-state index >= 15 is 0 Å². The maximum absolute atomic E-state index is 11.7. The molecule has 31 heavy (non-hydrogen) atoms. The second kappa shape index (κ2) is 8.36. The zero-order valence-electron chi connectivity index (χ0n) is 19.7. The molecule has 2 N–H and O–H groups in total. The zero-order chi connectivity index (χ0) is 22.4. The molecule has 0 spiro atoms. The second-order valence-corrected chi connectivity index (χ2v) is 11.4. The Morgan fingerprint density at radius 3 is 2.45 bits per heavy atom. The highest BCUT2D eigenvalue weighted by molar-refractivity contribution is 5.88. The van der Waals surface area contributed by atoms with Crippen LogP contribution in [0.4, 0.5) is 0 Å². The fraction of sp³-hybridized carbons (Fsp3) is 0.885. The van der Waals surface area contributed by atoms with Crippen molar-refractivity contribution < 1.29 is 24.5 Å². The molecule has 0 aromatic rings. The van der Waals surface area contributed by atoms with Gasteiger partial charge in [0.05, 0.1) is 19.8 Å². The van der Waals surface area contributed by atoms with Crippen molar-refractivity contribution in [1.29, 1.82) is 0 Å². The van der Waals surface area contributed by atoms with E-state index in [1.54, 1.807) is 7.11 Å². The molecule has 4 saturated carbocycles. The average Bonchev–Trinajstić information content (AvgIpc) is 3.10. The summed E-state index contributed by atoms with van der Waals surface area (Å²) in [7, 11) is 2.89. The van der Waals surface area contributed by atoms with Crippen LogP contribution in [0.2, 0.25) is 0 Å². The lowest BCUT2D eigenvalue weighted by Gasteiger charge is -2.61. The first-order valence-electron chi connectivity index (χ1n) is 12.2. The summed E-state index contributed by atoms with van der Waals surface area (Å²) in [6, 6.07) is 0. The first-order valence-corrected chi connectivity index (χ1v) is 12.2. The van der Waals surface area contributed by atoms with E-state index in [1.165, 1.54) is 26.4 Å². The van der Waals surface area contributed by atoms with Gasteiger partial charge in [0.15, 0.2) is 5.60 Å². The summed E-state index contributed by atoms with van der Waals surface area (Å²) in [6.07, 6.45) is 9.69. The number of aliphatic hydroxyl groups excluding tert-OH is 1. The van der Waals surface area contributed by atoms with E-state index in [-0.39, 0.29) is 24.0 Å². The van der Waals surface area contributed by atoms with Crippen molar-refractivity contribution in [3.63, 3.8) is 0 Å². The highest BCUT2D eigenvalue weighted by atomic mass is 16.5. The van der Waals surface area contributed by atoms with Gasteiger partial charge in [-0.25, -0.2) is 4.79 Å². The molecule has 5 heteroatoms. The van der Waals surface area contributed by atoms with E-state index < -0.39 is 11.6 Å². The summed E-state index contributed by atoms with van der Waals surface area (Å²) >= 11 is 0. The Balaban J connectivity index is 1.60. The third-order valence-electron chi connectivity index (χ3n) is 10.1. The molecular weight excluding hydrogens is 392 g/mol. The first-order chi connectivity index (χ1) is 14.7. The third kappa shape index (κ3) is 3.73. The van der Waals surface area contributed by atoms with Gasteiger partial charge >= 0.3 is 5.97 Å². The lowest BCUT2D eigenvalue weighted by molar-refractivity contribution is -0.144. The average molecular weight is 433 g/mol. The van der Waals surface area contributed by atoms with Gasteiger partial charge in [-0.2, -0.15) is 0 Å². The van der Waals surface area contributed by atoms with Gasteiger partial charge in [-0.05, 0) is 92.3 Å². The van der Waals surface area contributed by atoms with Crippen molar-refractivity contribution in [2.24, 2.45) is 40.4 Å². The van der Waals surface area contributed by atoms with Crippen LogP contribution in [0, 0.1) is 52.3 Å². The van der Waals surface area contributed by atoms with Gasteiger partial charge < -0.3 is 19.7 Å². The molecule has 0 saturated heterocycles. The molecule has 4 aliphatic rings. The summed E-state index contributed by atoms with van der Waals surface area (Å²) in [5.41, 5.74) is -0.999. The van der Waals surface area contributed by atoms with Crippen molar-refractivity contribution in [3.8, 4) is 11.8 Å². The minimum Gasteiger partial charge on any atom is -0.459 e. The summed E-state index contributed by atoms with van der Waals surface area (Å²) in [5, 5.41) is 21.8. The molecule has 4 fully saturated rings. The summed E-state index contributed by atoms with van der Waals surface area (Å²) in [5.74, 6) is 7.33. The van der Waals surface area contributed by atoms with E-state index in [9.17, 15) is 15.0 Å². The molecule has 1 unspecified atom stereocenters. The van der Waals surface area contributed by atoms with Crippen LogP contribution >= 0.6 is 0 Å². The van der Waals surface area contributed by atoms with Gasteiger partial charge in [-0.1, -0.05) is 19.8 Å². The lowest BCUT2D eigenvalue weighted by Crippen LogP contribution is -2.56. The van der Waals surface area contributed by atoms with E-state index in [2.05, 4.69) is 30.4 Å². The molecule has 0 aliphatic heterocycles. The number of carbonyl (C=O) groups excluding carboxylic acids is 1. The van der Waals surface area contributed by atoms with Crippen LogP contribution in [0.1, 0.15) is 71.6 Å². The quantitative estimate of drug-likeness (QED) is 0.405. The van der Waals surface area contributed by atoms with Crippen molar-refractivity contribution >= 4 is 5.97 Å². The number of hydrogen-bond donors (Lipinski definition) is 2. The van der Waals surface area contributed by atoms with Crippen LogP contribution in [0.25, 0.3) is 0 Å². The normalized spacial score (nSPS) is 45.9. The van der Waals surface area contributed by atoms with Gasteiger partial charge in [0.25, 0.3) is 0 Å². The zero-order valence-corrected chi connectivity index (χ0v) is 19.7. The molecule has 0 heterocycles. The van der Waals surface area contributed by atoms with E-state index in [0.717, 1.165) is 38.5 Å². The molecule has 5 nitrogen and oxygen atoms in total. The van der Waals surface area contributed by atoms with Crippen LogP contribution in [0.3, 0.4) is 0 Å². The molecule has 4 aliphatic carbocycles. The van der Waals surface area contributed by atoms with Crippen molar-refractivity contribution in [2.75, 3.05) is 20.8 Å². The number of methoxy groups -OCH3 is 2. The highest BCUT2D eigenvalue weighted by Crippen LogP contribution is 2.68. The number of rotatable bonds is 3. The van der Waals surface area contributed by atoms with Gasteiger partial charge in [0, 0.05) is 18.9 Å². The van der Waals surface area contributed by atoms with Gasteiger partial charge in [-0.15, -0.1) is 0 Å². The van der Waals surface area contributed by atoms with Crippen LogP contribution in [-0.2, 0) is 14.3 Å². The number of ether oxygens (including phenoxy) is 2. The number of aliphatic hydroxyl groups is 2. The van der Waals surface area contributed by atoms with Crippen LogP contribution < -0.4 is 0 Å². The Morgan fingerprint density at radius 1 is 1.03 bits per heavy atom. The maximum Gasteiger partial charge on any atom is 0.384 e. The Bertz CT molecular complexity index is 755. The monoisotopic (exact) mass is 432 g/mol. The molecule has 0 aromatic carbocycles. The Hall–Kier alpha value is -1.09. The van der Waals surface area contributed by atoms with Crippen LogP contribution in [0.15, 0.2) is 0 Å². The van der Waals surface area contributed by atoms with Crippen LogP contribution in [0.5, 0.6) is 0 Å². The van der Waals surface area contributed by atoms with E-state index in [1.807, 2.05) is 0 Å². The third-order valence-corrected chi connectivity index (χ3v) is 10.1. The predicted molar refractivity (Wildman–Crippen MR) is 118 cm³/mol. The van der Waals surface area contributed by atoms with Gasteiger partial charge in [-0.3, -0.25) is 0 Å². The van der Waals surface area contributed by atoms with E-state index in [4.69, 9.17) is 4.74 Å². The molecule has 0 amide bonds. The van der Waals surface area contributed by atoms with Crippen molar-refractivity contribution in [3.05, 3.63) is 0 Å².